The fourth-order valence-electron chi connectivity index (χ4n) is 3.44. The molecular weight excluding hydrogens is 392 g/mol. The number of rotatable bonds is 4. The molecule has 3 aromatic carbocycles. The first-order chi connectivity index (χ1) is 14.7. The van der Waals surface area contributed by atoms with Gasteiger partial charge in [-0.25, -0.2) is 4.98 Å². The number of hydrogen-bond acceptors (Lipinski definition) is 4. The van der Waals surface area contributed by atoms with Gasteiger partial charge < -0.3 is 5.32 Å². The first-order valence-corrected chi connectivity index (χ1v) is 10.4. The van der Waals surface area contributed by atoms with Crippen molar-refractivity contribution in [2.45, 2.75) is 6.92 Å². The third-order valence-electron chi connectivity index (χ3n) is 4.85. The van der Waals surface area contributed by atoms with E-state index >= 15 is 0 Å². The van der Waals surface area contributed by atoms with Crippen molar-refractivity contribution in [1.82, 2.24) is 14.8 Å². The lowest BCUT2D eigenvalue weighted by molar-refractivity contribution is 0.102. The number of anilines is 1. The number of amides is 1. The van der Waals surface area contributed by atoms with Crippen LogP contribution in [0.25, 0.3) is 27.2 Å². The molecule has 5 nitrogen and oxygen atoms in total. The second-order valence-electron chi connectivity index (χ2n) is 6.94. The summed E-state index contributed by atoms with van der Waals surface area (Å²) in [4.78, 5) is 17.8. The second kappa shape index (κ2) is 7.57. The van der Waals surface area contributed by atoms with Crippen molar-refractivity contribution in [3.8, 4) is 16.4 Å². The van der Waals surface area contributed by atoms with Gasteiger partial charge in [0, 0.05) is 22.6 Å². The zero-order valence-electron chi connectivity index (χ0n) is 16.2. The van der Waals surface area contributed by atoms with Crippen molar-refractivity contribution in [2.75, 3.05) is 5.32 Å². The Kier molecular flexibility index (Phi) is 4.61. The number of fused-ring (bicyclic) bond motifs is 1. The molecule has 1 N–H and O–H groups in total. The van der Waals surface area contributed by atoms with Crippen LogP contribution in [0.1, 0.15) is 16.1 Å². The van der Waals surface area contributed by atoms with E-state index in [0.717, 1.165) is 27.7 Å². The molecule has 6 heteroatoms. The molecule has 0 aliphatic heterocycles. The highest BCUT2D eigenvalue weighted by Gasteiger charge is 2.16. The Morgan fingerprint density at radius 2 is 1.73 bits per heavy atom. The highest BCUT2D eigenvalue weighted by Crippen LogP contribution is 2.27. The molecule has 5 rings (SSSR count). The number of hydrogen-bond donors (Lipinski definition) is 1. The van der Waals surface area contributed by atoms with Crippen LogP contribution in [0.2, 0.25) is 0 Å². The van der Waals surface area contributed by atoms with Gasteiger partial charge in [-0.3, -0.25) is 4.79 Å². The monoisotopic (exact) mass is 410 g/mol. The smallest absolute Gasteiger partial charge is 0.257 e. The average molecular weight is 411 g/mol. The summed E-state index contributed by atoms with van der Waals surface area (Å²) in [5.74, 6) is 0.423. The van der Waals surface area contributed by atoms with Gasteiger partial charge in [-0.1, -0.05) is 66.7 Å². The Morgan fingerprint density at radius 1 is 0.967 bits per heavy atom. The van der Waals surface area contributed by atoms with Crippen LogP contribution in [0, 0.1) is 6.92 Å². The van der Waals surface area contributed by atoms with Crippen LogP contribution < -0.4 is 5.32 Å². The molecule has 0 radical (unpaired) electrons. The number of thiazole rings is 1. The van der Waals surface area contributed by atoms with Crippen LogP contribution in [0.4, 0.5) is 5.82 Å². The average Bonchev–Trinajstić information content (AvgIpc) is 3.40. The third kappa shape index (κ3) is 3.38. The molecule has 0 fully saturated rings. The van der Waals surface area contributed by atoms with E-state index in [1.54, 1.807) is 4.68 Å². The highest BCUT2D eigenvalue weighted by atomic mass is 32.1. The Hall–Kier alpha value is -3.77. The van der Waals surface area contributed by atoms with Gasteiger partial charge in [0.05, 0.1) is 11.4 Å². The van der Waals surface area contributed by atoms with Crippen LogP contribution in [0.15, 0.2) is 84.2 Å². The summed E-state index contributed by atoms with van der Waals surface area (Å²) in [6.45, 7) is 1.90. The standard InChI is InChI=1S/C24H18N4OS/c1-16-14-22(26-23(29)20-13-7-11-17-8-5-6-12-19(17)20)28(27-16)24-25-21(15-30-24)18-9-3-2-4-10-18/h2-15H,1H3,(H,26,29). The van der Waals surface area contributed by atoms with Gasteiger partial charge in [-0.05, 0) is 23.8 Å². The number of nitrogens with zero attached hydrogens (tertiary/aromatic N) is 3. The molecule has 0 aliphatic carbocycles. The summed E-state index contributed by atoms with van der Waals surface area (Å²) in [5.41, 5.74) is 3.36. The Balaban J connectivity index is 1.48. The van der Waals surface area contributed by atoms with Crippen LogP contribution in [0.5, 0.6) is 0 Å². The van der Waals surface area contributed by atoms with Crippen LogP contribution in [-0.2, 0) is 0 Å². The Bertz CT molecular complexity index is 1350. The van der Waals surface area contributed by atoms with Crippen molar-refractivity contribution in [3.05, 3.63) is 95.5 Å². The van der Waals surface area contributed by atoms with Crippen molar-refractivity contribution >= 4 is 33.8 Å². The van der Waals surface area contributed by atoms with Gasteiger partial charge >= 0.3 is 0 Å². The summed E-state index contributed by atoms with van der Waals surface area (Å²) in [6, 6.07) is 25.5. The molecule has 30 heavy (non-hydrogen) atoms. The molecule has 0 spiro atoms. The van der Waals surface area contributed by atoms with Crippen LogP contribution in [-0.4, -0.2) is 20.7 Å². The van der Waals surface area contributed by atoms with Gasteiger partial charge in [0.2, 0.25) is 5.13 Å². The fraction of sp³-hybridized carbons (Fsp3) is 0.0417. The van der Waals surface area contributed by atoms with E-state index in [2.05, 4.69) is 10.4 Å². The summed E-state index contributed by atoms with van der Waals surface area (Å²) in [6.07, 6.45) is 0. The minimum atomic E-state index is -0.173. The lowest BCUT2D eigenvalue weighted by Crippen LogP contribution is -2.15. The van der Waals surface area contributed by atoms with Gasteiger partial charge in [0.25, 0.3) is 5.91 Å². The fourth-order valence-corrected chi connectivity index (χ4v) is 4.24. The largest absolute Gasteiger partial charge is 0.306 e. The van der Waals surface area contributed by atoms with Gasteiger partial charge in [-0.2, -0.15) is 9.78 Å². The van der Waals surface area contributed by atoms with Gasteiger partial charge in [-0.15, -0.1) is 11.3 Å². The minimum absolute atomic E-state index is 0.173. The first kappa shape index (κ1) is 18.3. The molecule has 0 atom stereocenters. The number of benzene rings is 3. The maximum absolute atomic E-state index is 13.1. The van der Waals surface area contributed by atoms with E-state index in [4.69, 9.17) is 4.98 Å². The maximum Gasteiger partial charge on any atom is 0.257 e. The third-order valence-corrected chi connectivity index (χ3v) is 5.67. The Labute approximate surface area is 177 Å². The van der Waals surface area contributed by atoms with Crippen molar-refractivity contribution in [1.29, 1.82) is 0 Å². The molecule has 2 heterocycles. The van der Waals surface area contributed by atoms with Crippen molar-refractivity contribution in [2.24, 2.45) is 0 Å². The summed E-state index contributed by atoms with van der Waals surface area (Å²) < 4.78 is 1.69. The van der Waals surface area contributed by atoms with E-state index in [1.165, 1.54) is 11.3 Å². The Morgan fingerprint density at radius 3 is 2.60 bits per heavy atom. The zero-order valence-corrected chi connectivity index (χ0v) is 17.1. The van der Waals surface area contributed by atoms with E-state index in [1.807, 2.05) is 91.2 Å². The highest BCUT2D eigenvalue weighted by molar-refractivity contribution is 7.12. The van der Waals surface area contributed by atoms with Crippen LogP contribution >= 0.6 is 11.3 Å². The minimum Gasteiger partial charge on any atom is -0.306 e. The summed E-state index contributed by atoms with van der Waals surface area (Å²) >= 11 is 1.49. The van der Waals surface area contributed by atoms with E-state index in [9.17, 15) is 4.79 Å². The zero-order chi connectivity index (χ0) is 20.5. The first-order valence-electron chi connectivity index (χ1n) is 9.56. The van der Waals surface area contributed by atoms with Crippen molar-refractivity contribution in [3.63, 3.8) is 0 Å². The molecule has 0 saturated carbocycles. The molecular formula is C24H18N4OS. The maximum atomic E-state index is 13.1. The number of carbonyl (C=O) groups is 1. The number of nitrogens with one attached hydrogen (secondary N) is 1. The van der Waals surface area contributed by atoms with Gasteiger partial charge in [0.15, 0.2) is 0 Å². The normalized spacial score (nSPS) is 11.0. The quantitative estimate of drug-likeness (QED) is 0.413. The molecule has 0 bridgehead atoms. The predicted octanol–water partition coefficient (Wildman–Crippen LogP) is 5.71. The molecule has 0 saturated heterocycles. The molecule has 1 amide bonds. The summed E-state index contributed by atoms with van der Waals surface area (Å²) in [7, 11) is 0. The van der Waals surface area contributed by atoms with Crippen LogP contribution in [0.3, 0.4) is 0 Å². The van der Waals surface area contributed by atoms with Crippen molar-refractivity contribution < 1.29 is 4.79 Å². The predicted molar refractivity (Wildman–Crippen MR) is 121 cm³/mol. The lowest BCUT2D eigenvalue weighted by atomic mass is 10.0. The van der Waals surface area contributed by atoms with E-state index < -0.39 is 0 Å². The lowest BCUT2D eigenvalue weighted by Gasteiger charge is -2.09. The van der Waals surface area contributed by atoms with E-state index in [0.29, 0.717) is 16.5 Å². The van der Waals surface area contributed by atoms with E-state index in [-0.39, 0.29) is 5.91 Å². The summed E-state index contributed by atoms with van der Waals surface area (Å²) in [5, 5.41) is 12.2. The molecule has 146 valence electrons. The second-order valence-corrected chi connectivity index (χ2v) is 7.78. The molecule has 0 aliphatic rings. The topological polar surface area (TPSA) is 59.8 Å². The molecule has 2 aromatic heterocycles. The molecule has 5 aromatic rings. The number of carbonyl (C=O) groups excluding carboxylic acids is 1. The SMILES string of the molecule is Cc1cc(NC(=O)c2cccc3ccccc23)n(-c2nc(-c3ccccc3)cs2)n1. The number of aryl methyl sites for hydroxylation is 1. The number of aromatic nitrogens is 3. The van der Waals surface area contributed by atoms with Gasteiger partial charge in [0.1, 0.15) is 5.82 Å². The molecule has 0 unspecified atom stereocenters.